The number of ether oxygens (including phenoxy) is 1. The van der Waals surface area contributed by atoms with E-state index >= 15 is 0 Å². The normalized spacial score (nSPS) is 9.80. The van der Waals surface area contributed by atoms with Gasteiger partial charge in [-0.25, -0.2) is 0 Å². The number of hydrogen-bond donors (Lipinski definition) is 1. The fraction of sp³-hybridized carbons (Fsp3) is 0.600. The first kappa shape index (κ1) is 7.43. The Bertz CT molecular complexity index is 201. The van der Waals surface area contributed by atoms with Crippen LogP contribution in [0.15, 0.2) is 0 Å². The molecule has 0 atom stereocenters. The van der Waals surface area contributed by atoms with Gasteiger partial charge in [0.05, 0.1) is 0 Å². The van der Waals surface area contributed by atoms with Crippen LogP contribution in [0.5, 0.6) is 0 Å². The Balaban J connectivity index is 2.59. The second-order valence-electron chi connectivity index (χ2n) is 1.68. The van der Waals surface area contributed by atoms with Crippen molar-refractivity contribution in [2.75, 3.05) is 19.5 Å². The average molecular weight is 159 g/mol. The van der Waals surface area contributed by atoms with Crippen LogP contribution in [-0.4, -0.2) is 24.4 Å². The first-order valence-corrected chi connectivity index (χ1v) is 3.67. The van der Waals surface area contributed by atoms with Gasteiger partial charge in [-0.2, -0.15) is 0 Å². The van der Waals surface area contributed by atoms with Gasteiger partial charge in [0.1, 0.15) is 11.6 Å². The van der Waals surface area contributed by atoms with Gasteiger partial charge >= 0.3 is 0 Å². The third-order valence-corrected chi connectivity index (χ3v) is 1.86. The van der Waals surface area contributed by atoms with Gasteiger partial charge in [0.25, 0.3) is 0 Å². The molecule has 0 aliphatic rings. The average Bonchev–Trinajstić information content (AvgIpc) is 2.37. The lowest BCUT2D eigenvalue weighted by Gasteiger charge is -1.87. The molecule has 56 valence electrons. The summed E-state index contributed by atoms with van der Waals surface area (Å²) in [6.07, 6.45) is 0. The van der Waals surface area contributed by atoms with E-state index in [4.69, 9.17) is 4.74 Å². The third-order valence-electron chi connectivity index (χ3n) is 0.949. The minimum absolute atomic E-state index is 0.541. The molecule has 0 amide bonds. The number of hydrogen-bond acceptors (Lipinski definition) is 5. The topological polar surface area (TPSA) is 47.0 Å². The maximum absolute atomic E-state index is 4.87. The quantitative estimate of drug-likeness (QED) is 0.706. The predicted octanol–water partition coefficient (Wildman–Crippen LogP) is 0.726. The zero-order valence-electron chi connectivity index (χ0n) is 5.92. The van der Waals surface area contributed by atoms with Gasteiger partial charge < -0.3 is 10.1 Å². The largest absolute Gasteiger partial charge is 0.377 e. The number of nitrogens with one attached hydrogen (secondary N) is 1. The van der Waals surface area contributed by atoms with Crippen molar-refractivity contribution in [2.45, 2.75) is 6.61 Å². The maximum Gasteiger partial charge on any atom is 0.205 e. The molecule has 0 fully saturated rings. The van der Waals surface area contributed by atoms with Crippen molar-refractivity contribution in [1.29, 1.82) is 0 Å². The van der Waals surface area contributed by atoms with E-state index in [1.807, 2.05) is 7.05 Å². The van der Waals surface area contributed by atoms with Crippen LogP contribution in [-0.2, 0) is 11.3 Å². The van der Waals surface area contributed by atoms with Gasteiger partial charge in [-0.05, 0) is 0 Å². The van der Waals surface area contributed by atoms with Crippen molar-refractivity contribution in [3.8, 4) is 0 Å². The lowest BCUT2D eigenvalue weighted by molar-refractivity contribution is 0.184. The van der Waals surface area contributed by atoms with E-state index in [1.165, 1.54) is 11.3 Å². The second-order valence-corrected chi connectivity index (χ2v) is 2.75. The van der Waals surface area contributed by atoms with Crippen LogP contribution in [0.25, 0.3) is 0 Å². The smallest absolute Gasteiger partial charge is 0.205 e. The molecule has 0 aliphatic heterocycles. The summed E-state index contributed by atoms with van der Waals surface area (Å²) >= 11 is 1.50. The minimum atomic E-state index is 0.541. The highest BCUT2D eigenvalue weighted by molar-refractivity contribution is 7.15. The molecule has 1 aromatic rings. The molecule has 1 aromatic heterocycles. The van der Waals surface area contributed by atoms with E-state index < -0.39 is 0 Å². The van der Waals surface area contributed by atoms with Crippen molar-refractivity contribution in [3.05, 3.63) is 5.01 Å². The predicted molar refractivity (Wildman–Crippen MR) is 40.2 cm³/mol. The van der Waals surface area contributed by atoms with Crippen molar-refractivity contribution >= 4 is 16.5 Å². The third kappa shape index (κ3) is 1.65. The molecule has 0 aliphatic carbocycles. The number of rotatable bonds is 3. The minimum Gasteiger partial charge on any atom is -0.377 e. The van der Waals surface area contributed by atoms with Crippen LogP contribution < -0.4 is 5.32 Å². The van der Waals surface area contributed by atoms with Crippen molar-refractivity contribution < 1.29 is 4.74 Å². The number of aromatic nitrogens is 2. The number of nitrogens with zero attached hydrogens (tertiary/aromatic N) is 2. The second kappa shape index (κ2) is 3.48. The molecule has 1 rings (SSSR count). The molecular weight excluding hydrogens is 150 g/mol. The fourth-order valence-electron chi connectivity index (χ4n) is 0.536. The molecule has 0 saturated carbocycles. The molecule has 10 heavy (non-hydrogen) atoms. The highest BCUT2D eigenvalue weighted by atomic mass is 32.1. The number of anilines is 1. The van der Waals surface area contributed by atoms with E-state index in [1.54, 1.807) is 7.11 Å². The lowest BCUT2D eigenvalue weighted by atomic mass is 10.8. The molecule has 0 aromatic carbocycles. The summed E-state index contributed by atoms with van der Waals surface area (Å²) in [5.41, 5.74) is 0. The van der Waals surface area contributed by atoms with Gasteiger partial charge in [0.15, 0.2) is 0 Å². The summed E-state index contributed by atoms with van der Waals surface area (Å²) in [6.45, 7) is 0.541. The van der Waals surface area contributed by atoms with Gasteiger partial charge in [0.2, 0.25) is 5.13 Å². The van der Waals surface area contributed by atoms with Gasteiger partial charge in [0, 0.05) is 14.2 Å². The summed E-state index contributed by atoms with van der Waals surface area (Å²) in [5, 5.41) is 12.3. The van der Waals surface area contributed by atoms with Crippen LogP contribution in [0.2, 0.25) is 0 Å². The van der Waals surface area contributed by atoms with Crippen molar-refractivity contribution in [3.63, 3.8) is 0 Å². The molecule has 0 saturated heterocycles. The van der Waals surface area contributed by atoms with Crippen LogP contribution in [0, 0.1) is 0 Å². The van der Waals surface area contributed by atoms with Crippen LogP contribution >= 0.6 is 11.3 Å². The van der Waals surface area contributed by atoms with Gasteiger partial charge in [-0.15, -0.1) is 10.2 Å². The Morgan fingerprint density at radius 1 is 1.60 bits per heavy atom. The summed E-state index contributed by atoms with van der Waals surface area (Å²) < 4.78 is 4.87. The Hall–Kier alpha value is -0.680. The monoisotopic (exact) mass is 159 g/mol. The van der Waals surface area contributed by atoms with Gasteiger partial charge in [-0.1, -0.05) is 11.3 Å². The van der Waals surface area contributed by atoms with E-state index in [0.29, 0.717) is 6.61 Å². The van der Waals surface area contributed by atoms with Gasteiger partial charge in [-0.3, -0.25) is 0 Å². The van der Waals surface area contributed by atoms with E-state index in [2.05, 4.69) is 15.5 Å². The molecule has 4 nitrogen and oxygen atoms in total. The fourth-order valence-corrected chi connectivity index (χ4v) is 1.20. The molecule has 0 bridgehead atoms. The Kier molecular flexibility index (Phi) is 2.58. The Morgan fingerprint density at radius 3 is 2.90 bits per heavy atom. The highest BCUT2D eigenvalue weighted by Crippen LogP contribution is 2.14. The maximum atomic E-state index is 4.87. The summed E-state index contributed by atoms with van der Waals surface area (Å²) in [4.78, 5) is 0. The first-order valence-electron chi connectivity index (χ1n) is 2.86. The zero-order chi connectivity index (χ0) is 7.40. The Labute approximate surface area is 63.2 Å². The van der Waals surface area contributed by atoms with Crippen LogP contribution in [0.3, 0.4) is 0 Å². The molecule has 0 spiro atoms. The van der Waals surface area contributed by atoms with Crippen LogP contribution in [0.1, 0.15) is 5.01 Å². The molecular formula is C5H9N3OS. The first-order chi connectivity index (χ1) is 4.86. The van der Waals surface area contributed by atoms with E-state index in [0.717, 1.165) is 10.1 Å². The molecule has 0 unspecified atom stereocenters. The standard InChI is InChI=1S/C5H9N3OS/c1-6-5-8-7-4(10-5)3-9-2/h3H2,1-2H3,(H,6,8). The molecule has 0 radical (unpaired) electrons. The molecule has 1 heterocycles. The van der Waals surface area contributed by atoms with Crippen molar-refractivity contribution in [1.82, 2.24) is 10.2 Å². The Morgan fingerprint density at radius 2 is 2.40 bits per heavy atom. The summed E-state index contributed by atoms with van der Waals surface area (Å²) in [6, 6.07) is 0. The lowest BCUT2D eigenvalue weighted by Crippen LogP contribution is -1.85. The van der Waals surface area contributed by atoms with E-state index in [9.17, 15) is 0 Å². The zero-order valence-corrected chi connectivity index (χ0v) is 6.73. The van der Waals surface area contributed by atoms with Crippen LogP contribution in [0.4, 0.5) is 5.13 Å². The highest BCUT2D eigenvalue weighted by Gasteiger charge is 1.99. The summed E-state index contributed by atoms with van der Waals surface area (Å²) in [5.74, 6) is 0. The van der Waals surface area contributed by atoms with Crippen molar-refractivity contribution in [2.24, 2.45) is 0 Å². The SMILES string of the molecule is CNc1nnc(COC)s1. The van der Waals surface area contributed by atoms with E-state index in [-0.39, 0.29) is 0 Å². The summed E-state index contributed by atoms with van der Waals surface area (Å²) in [7, 11) is 3.46. The molecule has 1 N–H and O–H groups in total. The number of methoxy groups -OCH3 is 1. The molecule has 5 heteroatoms.